The van der Waals surface area contributed by atoms with Crippen molar-refractivity contribution in [2.75, 3.05) is 32.5 Å². The van der Waals surface area contributed by atoms with Gasteiger partial charge in [0.2, 0.25) is 5.91 Å². The van der Waals surface area contributed by atoms with Gasteiger partial charge in [-0.2, -0.15) is 0 Å². The number of hydrogen-bond acceptors (Lipinski definition) is 3. The fourth-order valence-electron chi connectivity index (χ4n) is 3.38. The Morgan fingerprint density at radius 3 is 2.96 bits per heavy atom. The van der Waals surface area contributed by atoms with Crippen LogP contribution in [0.1, 0.15) is 19.8 Å². The molecule has 0 bridgehead atoms. The third-order valence-corrected chi connectivity index (χ3v) is 4.82. The van der Waals surface area contributed by atoms with Crippen LogP contribution in [0, 0.1) is 5.92 Å². The Labute approximate surface area is 144 Å². The van der Waals surface area contributed by atoms with Crippen molar-refractivity contribution in [3.63, 3.8) is 0 Å². The van der Waals surface area contributed by atoms with Crippen LogP contribution in [-0.4, -0.2) is 48.6 Å². The van der Waals surface area contributed by atoms with E-state index in [-0.39, 0.29) is 11.8 Å². The second-order valence-corrected chi connectivity index (χ2v) is 7.15. The average molecular weight is 328 g/mol. The number of anilines is 1. The van der Waals surface area contributed by atoms with Crippen molar-refractivity contribution in [1.29, 1.82) is 0 Å². The lowest BCUT2D eigenvalue weighted by molar-refractivity contribution is -0.120. The molecule has 2 N–H and O–H groups in total. The molecule has 1 aliphatic rings. The minimum atomic E-state index is 0.109. The molecule has 130 valence electrons. The minimum absolute atomic E-state index is 0.109. The van der Waals surface area contributed by atoms with Crippen molar-refractivity contribution in [3.05, 3.63) is 30.5 Å². The summed E-state index contributed by atoms with van der Waals surface area (Å²) in [5.41, 5.74) is 2.07. The van der Waals surface area contributed by atoms with E-state index in [1.165, 1.54) is 10.9 Å². The van der Waals surface area contributed by atoms with E-state index in [1.807, 2.05) is 6.07 Å². The maximum atomic E-state index is 12.5. The molecular weight excluding hydrogens is 300 g/mol. The molecule has 24 heavy (non-hydrogen) atoms. The summed E-state index contributed by atoms with van der Waals surface area (Å²) in [6.07, 6.45) is 3.94. The smallest absolute Gasteiger partial charge is 0.227 e. The van der Waals surface area contributed by atoms with E-state index in [4.69, 9.17) is 0 Å². The summed E-state index contributed by atoms with van der Waals surface area (Å²) in [6, 6.07) is 8.72. The Hall–Kier alpha value is -1.85. The number of carbonyl (C=O) groups excluding carboxylic acids is 1. The Balaban J connectivity index is 1.72. The van der Waals surface area contributed by atoms with Gasteiger partial charge < -0.3 is 20.1 Å². The summed E-state index contributed by atoms with van der Waals surface area (Å²) < 4.78 is 2.25. The topological polar surface area (TPSA) is 49.3 Å². The van der Waals surface area contributed by atoms with Gasteiger partial charge in [-0.15, -0.1) is 0 Å². The van der Waals surface area contributed by atoms with Crippen LogP contribution >= 0.6 is 0 Å². The van der Waals surface area contributed by atoms with Gasteiger partial charge in [0.15, 0.2) is 0 Å². The Kier molecular flexibility index (Phi) is 5.21. The van der Waals surface area contributed by atoms with Crippen molar-refractivity contribution in [3.8, 4) is 0 Å². The molecule has 1 aromatic heterocycles. The molecule has 2 atom stereocenters. The first kappa shape index (κ1) is 17.0. The average Bonchev–Trinajstić information content (AvgIpc) is 2.95. The lowest BCUT2D eigenvalue weighted by atomic mass is 9.92. The minimum Gasteiger partial charge on any atom is -0.346 e. The lowest BCUT2D eigenvalue weighted by Crippen LogP contribution is -2.40. The molecule has 0 unspecified atom stereocenters. The molecule has 1 saturated heterocycles. The van der Waals surface area contributed by atoms with Crippen molar-refractivity contribution in [2.45, 2.75) is 32.4 Å². The standard InChI is InChI=1S/C19H28N4O/c1-14-12-16(6-8-20-14)19(24)21-17-5-4-15-7-9-23(18(15)13-17)11-10-22(2)3/h4-5,7,9,13-14,16,20H,6,8,10-12H2,1-3H3,(H,21,24)/t14-,16-/m0/s1. The van der Waals surface area contributed by atoms with Crippen LogP contribution < -0.4 is 10.6 Å². The zero-order chi connectivity index (χ0) is 17.1. The third kappa shape index (κ3) is 3.97. The van der Waals surface area contributed by atoms with Crippen molar-refractivity contribution >= 4 is 22.5 Å². The van der Waals surface area contributed by atoms with Crippen molar-refractivity contribution < 1.29 is 4.79 Å². The molecule has 2 heterocycles. The Morgan fingerprint density at radius 2 is 2.21 bits per heavy atom. The van der Waals surface area contributed by atoms with Gasteiger partial charge in [0, 0.05) is 36.9 Å². The fourth-order valence-corrected chi connectivity index (χ4v) is 3.38. The molecule has 0 spiro atoms. The summed E-state index contributed by atoms with van der Waals surface area (Å²) in [4.78, 5) is 14.7. The van der Waals surface area contributed by atoms with E-state index in [0.717, 1.165) is 38.2 Å². The van der Waals surface area contributed by atoms with Crippen LogP contribution in [0.15, 0.2) is 30.5 Å². The second-order valence-electron chi connectivity index (χ2n) is 7.15. The summed E-state index contributed by atoms with van der Waals surface area (Å²) in [7, 11) is 4.16. The molecule has 0 aliphatic carbocycles. The van der Waals surface area contributed by atoms with Crippen LogP contribution in [0.25, 0.3) is 10.9 Å². The molecule has 1 amide bonds. The third-order valence-electron chi connectivity index (χ3n) is 4.82. The number of piperidine rings is 1. The summed E-state index contributed by atoms with van der Waals surface area (Å²) in [5.74, 6) is 0.256. The number of nitrogens with one attached hydrogen (secondary N) is 2. The van der Waals surface area contributed by atoms with E-state index in [9.17, 15) is 4.79 Å². The Bertz CT molecular complexity index is 706. The zero-order valence-electron chi connectivity index (χ0n) is 14.9. The number of rotatable bonds is 5. The molecule has 2 aromatic rings. The molecule has 1 fully saturated rings. The van der Waals surface area contributed by atoms with Crippen molar-refractivity contribution in [1.82, 2.24) is 14.8 Å². The number of likely N-dealkylation sites (N-methyl/N-ethyl adjacent to an activating group) is 1. The van der Waals surface area contributed by atoms with Crippen LogP contribution in [0.2, 0.25) is 0 Å². The molecule has 5 heteroatoms. The van der Waals surface area contributed by atoms with Gasteiger partial charge in [0.25, 0.3) is 0 Å². The quantitative estimate of drug-likeness (QED) is 0.887. The maximum absolute atomic E-state index is 12.5. The highest BCUT2D eigenvalue weighted by Crippen LogP contribution is 2.23. The normalized spacial score (nSPS) is 21.3. The first-order valence-electron chi connectivity index (χ1n) is 8.81. The van der Waals surface area contributed by atoms with E-state index in [2.05, 4.69) is 65.5 Å². The van der Waals surface area contributed by atoms with Gasteiger partial charge in [-0.05, 0) is 64.0 Å². The number of benzene rings is 1. The number of aromatic nitrogens is 1. The van der Waals surface area contributed by atoms with Crippen LogP contribution in [-0.2, 0) is 11.3 Å². The van der Waals surface area contributed by atoms with Gasteiger partial charge >= 0.3 is 0 Å². The number of hydrogen-bond donors (Lipinski definition) is 2. The molecule has 1 aliphatic heterocycles. The number of amides is 1. The molecular formula is C19H28N4O. The zero-order valence-corrected chi connectivity index (χ0v) is 14.9. The van der Waals surface area contributed by atoms with Gasteiger partial charge in [-0.1, -0.05) is 6.07 Å². The lowest BCUT2D eigenvalue weighted by Gasteiger charge is -2.27. The number of fused-ring (bicyclic) bond motifs is 1. The SMILES string of the molecule is C[C@H]1C[C@@H](C(=O)Nc2ccc3ccn(CCN(C)C)c3c2)CCN1. The first-order valence-corrected chi connectivity index (χ1v) is 8.81. The van der Waals surface area contributed by atoms with E-state index in [1.54, 1.807) is 0 Å². The van der Waals surface area contributed by atoms with Gasteiger partial charge in [0.1, 0.15) is 0 Å². The fraction of sp³-hybridized carbons (Fsp3) is 0.526. The molecule has 5 nitrogen and oxygen atoms in total. The highest BCUT2D eigenvalue weighted by atomic mass is 16.1. The predicted octanol–water partition coefficient (Wildman–Crippen LogP) is 2.53. The largest absolute Gasteiger partial charge is 0.346 e. The summed E-state index contributed by atoms with van der Waals surface area (Å²) in [6.45, 7) is 5.00. The molecule has 1 aromatic carbocycles. The van der Waals surface area contributed by atoms with Gasteiger partial charge in [-0.25, -0.2) is 0 Å². The van der Waals surface area contributed by atoms with Crippen LogP contribution in [0.5, 0.6) is 0 Å². The van der Waals surface area contributed by atoms with Gasteiger partial charge in [0.05, 0.1) is 5.52 Å². The number of carbonyl (C=O) groups is 1. The molecule has 0 saturated carbocycles. The number of nitrogens with zero attached hydrogens (tertiary/aromatic N) is 2. The predicted molar refractivity (Wildman–Crippen MR) is 99.3 cm³/mol. The second kappa shape index (κ2) is 7.36. The molecule has 3 rings (SSSR count). The highest BCUT2D eigenvalue weighted by molar-refractivity contribution is 5.95. The monoisotopic (exact) mass is 328 g/mol. The van der Waals surface area contributed by atoms with Crippen LogP contribution in [0.4, 0.5) is 5.69 Å². The summed E-state index contributed by atoms with van der Waals surface area (Å²) >= 11 is 0. The Morgan fingerprint density at radius 1 is 1.38 bits per heavy atom. The van der Waals surface area contributed by atoms with Crippen molar-refractivity contribution in [2.24, 2.45) is 5.92 Å². The highest BCUT2D eigenvalue weighted by Gasteiger charge is 2.24. The molecule has 0 radical (unpaired) electrons. The summed E-state index contributed by atoms with van der Waals surface area (Å²) in [5, 5.41) is 7.72. The van der Waals surface area contributed by atoms with E-state index < -0.39 is 0 Å². The van der Waals surface area contributed by atoms with Crippen LogP contribution in [0.3, 0.4) is 0 Å². The van der Waals surface area contributed by atoms with E-state index >= 15 is 0 Å². The maximum Gasteiger partial charge on any atom is 0.227 e. The van der Waals surface area contributed by atoms with E-state index in [0.29, 0.717) is 6.04 Å². The van der Waals surface area contributed by atoms with Gasteiger partial charge in [-0.3, -0.25) is 4.79 Å². The first-order chi connectivity index (χ1) is 11.5.